The van der Waals surface area contributed by atoms with E-state index >= 15 is 0 Å². The van der Waals surface area contributed by atoms with Gasteiger partial charge in [0.2, 0.25) is 0 Å². The van der Waals surface area contributed by atoms with E-state index in [-0.39, 0.29) is 0 Å². The van der Waals surface area contributed by atoms with Crippen molar-refractivity contribution in [3.05, 3.63) is 30.0 Å². The first-order valence-electron chi connectivity index (χ1n) is 6.86. The van der Waals surface area contributed by atoms with Crippen LogP contribution in [0, 0.1) is 5.92 Å². The average Bonchev–Trinajstić information content (AvgIpc) is 2.75. The lowest BCUT2D eigenvalue weighted by atomic mass is 10.2. The molecule has 3 nitrogen and oxygen atoms in total. The van der Waals surface area contributed by atoms with E-state index in [1.165, 1.54) is 10.9 Å². The van der Waals surface area contributed by atoms with E-state index in [9.17, 15) is 0 Å². The molecule has 2 rings (SSSR count). The Kier molecular flexibility index (Phi) is 5.28. The van der Waals surface area contributed by atoms with Crippen LogP contribution in [-0.2, 0) is 13.1 Å². The van der Waals surface area contributed by atoms with Gasteiger partial charge < -0.3 is 5.32 Å². The van der Waals surface area contributed by atoms with Gasteiger partial charge in [-0.05, 0) is 24.8 Å². The summed E-state index contributed by atoms with van der Waals surface area (Å²) in [6.07, 6.45) is 2.14. The van der Waals surface area contributed by atoms with Crippen LogP contribution in [0.1, 0.15) is 19.5 Å². The van der Waals surface area contributed by atoms with E-state index in [0.717, 1.165) is 31.1 Å². The molecule has 1 aromatic heterocycles. The van der Waals surface area contributed by atoms with Gasteiger partial charge in [0.25, 0.3) is 0 Å². The van der Waals surface area contributed by atoms with Crippen molar-refractivity contribution in [3.8, 4) is 0 Å². The molecule has 1 aromatic carbocycles. The third-order valence-electron chi connectivity index (χ3n) is 3.09. The Morgan fingerprint density at radius 1 is 1.32 bits per heavy atom. The maximum atomic E-state index is 4.76. The zero-order valence-electron chi connectivity index (χ0n) is 12.0. The summed E-state index contributed by atoms with van der Waals surface area (Å²) < 4.78 is 2.14. The molecule has 0 aliphatic heterocycles. The highest BCUT2D eigenvalue weighted by atomic mass is 32.2. The van der Waals surface area contributed by atoms with Gasteiger partial charge in [-0.25, -0.2) is 0 Å². The van der Waals surface area contributed by atoms with E-state index in [1.807, 2.05) is 11.8 Å². The zero-order valence-corrected chi connectivity index (χ0v) is 12.8. The Hall–Kier alpha value is -1.00. The molecule has 0 unspecified atom stereocenters. The number of benzene rings is 1. The van der Waals surface area contributed by atoms with Crippen molar-refractivity contribution in [2.75, 3.05) is 18.6 Å². The zero-order chi connectivity index (χ0) is 13.7. The van der Waals surface area contributed by atoms with Crippen molar-refractivity contribution in [2.45, 2.75) is 26.9 Å². The van der Waals surface area contributed by atoms with E-state index in [0.29, 0.717) is 5.92 Å². The Morgan fingerprint density at radius 2 is 2.11 bits per heavy atom. The molecule has 0 spiro atoms. The molecule has 1 N–H and O–H groups in total. The summed E-state index contributed by atoms with van der Waals surface area (Å²) in [5.41, 5.74) is 2.41. The topological polar surface area (TPSA) is 29.9 Å². The lowest BCUT2D eigenvalue weighted by Crippen LogP contribution is -2.19. The van der Waals surface area contributed by atoms with E-state index in [2.05, 4.69) is 54.4 Å². The third kappa shape index (κ3) is 3.74. The molecule has 4 heteroatoms. The molecule has 0 saturated carbocycles. The molecule has 1 heterocycles. The molecule has 0 bridgehead atoms. The standard InChI is InChI=1S/C15H23N3S/c1-12(2)10-16-11-14-13-6-4-5-7-15(13)18(17-14)8-9-19-3/h4-7,12,16H,8-11H2,1-3H3. The number of aromatic nitrogens is 2. The first-order valence-corrected chi connectivity index (χ1v) is 8.26. The quantitative estimate of drug-likeness (QED) is 0.843. The number of thioether (sulfide) groups is 1. The molecular formula is C15H23N3S. The van der Waals surface area contributed by atoms with Gasteiger partial charge >= 0.3 is 0 Å². The second kappa shape index (κ2) is 6.96. The molecule has 0 saturated heterocycles. The first kappa shape index (κ1) is 14.4. The van der Waals surface area contributed by atoms with Crippen molar-refractivity contribution in [1.29, 1.82) is 0 Å². The van der Waals surface area contributed by atoms with Crippen molar-refractivity contribution in [1.82, 2.24) is 15.1 Å². The van der Waals surface area contributed by atoms with Crippen molar-refractivity contribution < 1.29 is 0 Å². The Morgan fingerprint density at radius 3 is 2.84 bits per heavy atom. The summed E-state index contributed by atoms with van der Waals surface area (Å²) in [4.78, 5) is 0. The van der Waals surface area contributed by atoms with Gasteiger partial charge in [0.1, 0.15) is 0 Å². The average molecular weight is 277 g/mol. The maximum absolute atomic E-state index is 4.76. The molecule has 104 valence electrons. The minimum absolute atomic E-state index is 0.671. The summed E-state index contributed by atoms with van der Waals surface area (Å²) in [6, 6.07) is 8.51. The Bertz CT molecular complexity index is 519. The number of para-hydroxylation sites is 1. The van der Waals surface area contributed by atoms with Gasteiger partial charge in [-0.2, -0.15) is 16.9 Å². The first-order chi connectivity index (χ1) is 9.22. The lowest BCUT2D eigenvalue weighted by Gasteiger charge is -2.05. The highest BCUT2D eigenvalue weighted by Crippen LogP contribution is 2.18. The second-order valence-corrected chi connectivity index (χ2v) is 6.19. The molecule has 19 heavy (non-hydrogen) atoms. The van der Waals surface area contributed by atoms with Crippen LogP contribution in [-0.4, -0.2) is 28.3 Å². The maximum Gasteiger partial charge on any atom is 0.0841 e. The van der Waals surface area contributed by atoms with Gasteiger partial charge in [-0.1, -0.05) is 32.0 Å². The summed E-state index contributed by atoms with van der Waals surface area (Å²) in [7, 11) is 0. The summed E-state index contributed by atoms with van der Waals surface area (Å²) in [5.74, 6) is 1.77. The van der Waals surface area contributed by atoms with Crippen LogP contribution in [0.15, 0.2) is 24.3 Å². The van der Waals surface area contributed by atoms with Crippen molar-refractivity contribution in [2.24, 2.45) is 5.92 Å². The van der Waals surface area contributed by atoms with E-state index in [4.69, 9.17) is 5.10 Å². The predicted molar refractivity (Wildman–Crippen MR) is 84.7 cm³/mol. The highest BCUT2D eigenvalue weighted by molar-refractivity contribution is 7.98. The molecule has 0 atom stereocenters. The number of aryl methyl sites for hydroxylation is 1. The van der Waals surface area contributed by atoms with Gasteiger partial charge in [0.15, 0.2) is 0 Å². The van der Waals surface area contributed by atoms with Gasteiger partial charge in [-0.3, -0.25) is 4.68 Å². The largest absolute Gasteiger partial charge is 0.311 e. The minimum Gasteiger partial charge on any atom is -0.311 e. The second-order valence-electron chi connectivity index (χ2n) is 5.20. The lowest BCUT2D eigenvalue weighted by molar-refractivity contribution is 0.544. The molecule has 2 aromatic rings. The summed E-state index contributed by atoms with van der Waals surface area (Å²) in [6.45, 7) is 7.31. The number of hydrogen-bond acceptors (Lipinski definition) is 3. The van der Waals surface area contributed by atoms with Crippen LogP contribution in [0.2, 0.25) is 0 Å². The Balaban J connectivity index is 2.18. The highest BCUT2D eigenvalue weighted by Gasteiger charge is 2.09. The summed E-state index contributed by atoms with van der Waals surface area (Å²) >= 11 is 1.86. The fourth-order valence-electron chi connectivity index (χ4n) is 2.15. The number of nitrogens with one attached hydrogen (secondary N) is 1. The number of rotatable bonds is 7. The van der Waals surface area contributed by atoms with Crippen LogP contribution < -0.4 is 5.32 Å². The van der Waals surface area contributed by atoms with E-state index in [1.54, 1.807) is 0 Å². The van der Waals surface area contributed by atoms with Crippen LogP contribution in [0.3, 0.4) is 0 Å². The monoisotopic (exact) mass is 277 g/mol. The fourth-order valence-corrected chi connectivity index (χ4v) is 2.51. The molecule has 0 aliphatic carbocycles. The molecule has 0 aliphatic rings. The van der Waals surface area contributed by atoms with Gasteiger partial charge in [0.05, 0.1) is 17.8 Å². The van der Waals surface area contributed by atoms with Crippen molar-refractivity contribution >= 4 is 22.7 Å². The van der Waals surface area contributed by atoms with Crippen LogP contribution in [0.25, 0.3) is 10.9 Å². The van der Waals surface area contributed by atoms with Crippen LogP contribution in [0.5, 0.6) is 0 Å². The summed E-state index contributed by atoms with van der Waals surface area (Å²) in [5, 5.41) is 9.52. The van der Waals surface area contributed by atoms with Gasteiger partial charge in [-0.15, -0.1) is 0 Å². The van der Waals surface area contributed by atoms with E-state index < -0.39 is 0 Å². The number of fused-ring (bicyclic) bond motifs is 1. The minimum atomic E-state index is 0.671. The smallest absolute Gasteiger partial charge is 0.0841 e. The van der Waals surface area contributed by atoms with Crippen molar-refractivity contribution in [3.63, 3.8) is 0 Å². The molecule has 0 radical (unpaired) electrons. The normalized spacial score (nSPS) is 11.6. The Labute approximate surface area is 119 Å². The SMILES string of the molecule is CSCCn1nc(CNCC(C)C)c2ccccc21. The molecule has 0 amide bonds. The molecular weight excluding hydrogens is 254 g/mol. The van der Waals surface area contributed by atoms with Crippen LogP contribution in [0.4, 0.5) is 0 Å². The van der Waals surface area contributed by atoms with Crippen LogP contribution >= 0.6 is 11.8 Å². The number of nitrogens with zero attached hydrogens (tertiary/aromatic N) is 2. The third-order valence-corrected chi connectivity index (χ3v) is 3.68. The predicted octanol–water partition coefficient (Wildman–Crippen LogP) is 3.14. The molecule has 0 fully saturated rings. The number of hydrogen-bond donors (Lipinski definition) is 1. The van der Waals surface area contributed by atoms with Gasteiger partial charge in [0, 0.05) is 17.7 Å². The fraction of sp³-hybridized carbons (Fsp3) is 0.533.